The predicted molar refractivity (Wildman–Crippen MR) is 90.3 cm³/mol. The SMILES string of the molecule is CC[C@@H]1CN2CC[C@H]1C[C@@H]2CNC(=O)Nc1cccc(C(F)(F)F)c1. The lowest BCUT2D eigenvalue weighted by atomic mass is 9.74. The number of halogens is 3. The highest BCUT2D eigenvalue weighted by Crippen LogP contribution is 2.37. The number of carbonyl (C=O) groups is 1. The number of alkyl halides is 3. The predicted octanol–water partition coefficient (Wildman–Crippen LogP) is 3.95. The fourth-order valence-corrected chi connectivity index (χ4v) is 4.08. The second-order valence-corrected chi connectivity index (χ2v) is 7.02. The summed E-state index contributed by atoms with van der Waals surface area (Å²) in [7, 11) is 0. The molecule has 0 aromatic heterocycles. The Balaban J connectivity index is 1.51. The van der Waals surface area contributed by atoms with Crippen molar-refractivity contribution in [3.8, 4) is 0 Å². The summed E-state index contributed by atoms with van der Waals surface area (Å²) >= 11 is 0. The largest absolute Gasteiger partial charge is 0.416 e. The Labute approximate surface area is 145 Å². The van der Waals surface area contributed by atoms with Gasteiger partial charge in [0.05, 0.1) is 5.56 Å². The number of nitrogens with zero attached hydrogens (tertiary/aromatic N) is 1. The summed E-state index contributed by atoms with van der Waals surface area (Å²) in [6.07, 6.45) is -0.913. The fraction of sp³-hybridized carbons (Fsp3) is 0.611. The number of anilines is 1. The minimum Gasteiger partial charge on any atom is -0.336 e. The van der Waals surface area contributed by atoms with Crippen molar-refractivity contribution in [1.82, 2.24) is 10.2 Å². The van der Waals surface area contributed by atoms with Crippen molar-refractivity contribution >= 4 is 11.7 Å². The molecule has 25 heavy (non-hydrogen) atoms. The number of benzene rings is 1. The summed E-state index contributed by atoms with van der Waals surface area (Å²) in [6, 6.07) is 4.53. The highest BCUT2D eigenvalue weighted by molar-refractivity contribution is 5.89. The van der Waals surface area contributed by atoms with Crippen LogP contribution in [-0.4, -0.2) is 36.6 Å². The monoisotopic (exact) mass is 355 g/mol. The van der Waals surface area contributed by atoms with E-state index in [1.807, 2.05) is 0 Å². The minimum atomic E-state index is -4.42. The quantitative estimate of drug-likeness (QED) is 0.859. The molecule has 3 saturated heterocycles. The van der Waals surface area contributed by atoms with Crippen molar-refractivity contribution in [2.45, 2.75) is 38.4 Å². The van der Waals surface area contributed by atoms with E-state index in [9.17, 15) is 18.0 Å². The molecule has 138 valence electrons. The van der Waals surface area contributed by atoms with Crippen molar-refractivity contribution in [3.05, 3.63) is 29.8 Å². The molecule has 3 aliphatic heterocycles. The van der Waals surface area contributed by atoms with E-state index in [1.165, 1.54) is 25.0 Å². The van der Waals surface area contributed by atoms with Crippen molar-refractivity contribution < 1.29 is 18.0 Å². The molecule has 3 aliphatic rings. The van der Waals surface area contributed by atoms with Crippen LogP contribution < -0.4 is 10.6 Å². The van der Waals surface area contributed by atoms with Gasteiger partial charge >= 0.3 is 12.2 Å². The Morgan fingerprint density at radius 2 is 2.16 bits per heavy atom. The Morgan fingerprint density at radius 3 is 2.80 bits per heavy atom. The van der Waals surface area contributed by atoms with Crippen molar-refractivity contribution in [2.75, 3.05) is 25.0 Å². The minimum absolute atomic E-state index is 0.142. The van der Waals surface area contributed by atoms with Crippen LogP contribution in [0.4, 0.5) is 23.7 Å². The summed E-state index contributed by atoms with van der Waals surface area (Å²) in [4.78, 5) is 14.5. The van der Waals surface area contributed by atoms with Gasteiger partial charge in [0, 0.05) is 24.8 Å². The molecule has 1 aromatic carbocycles. The van der Waals surface area contributed by atoms with E-state index in [1.54, 1.807) is 0 Å². The summed E-state index contributed by atoms with van der Waals surface area (Å²) < 4.78 is 38.1. The lowest BCUT2D eigenvalue weighted by Crippen LogP contribution is -2.56. The Bertz CT molecular complexity index is 620. The van der Waals surface area contributed by atoms with Crippen molar-refractivity contribution in [1.29, 1.82) is 0 Å². The molecule has 1 aromatic rings. The van der Waals surface area contributed by atoms with E-state index < -0.39 is 17.8 Å². The summed E-state index contributed by atoms with van der Waals surface area (Å²) in [6.45, 7) is 4.91. The summed E-state index contributed by atoms with van der Waals surface area (Å²) in [5.74, 6) is 1.48. The molecule has 3 fully saturated rings. The number of hydrogen-bond donors (Lipinski definition) is 2. The number of piperidine rings is 3. The normalized spacial score (nSPS) is 28.6. The molecule has 0 aliphatic carbocycles. The number of hydrogen-bond acceptors (Lipinski definition) is 2. The zero-order chi connectivity index (χ0) is 18.0. The van der Waals surface area contributed by atoms with Crippen molar-refractivity contribution in [3.63, 3.8) is 0 Å². The van der Waals surface area contributed by atoms with Gasteiger partial charge in [-0.1, -0.05) is 19.4 Å². The first-order chi connectivity index (χ1) is 11.9. The topological polar surface area (TPSA) is 44.4 Å². The lowest BCUT2D eigenvalue weighted by molar-refractivity contribution is -0.137. The number of amides is 2. The van der Waals surface area contributed by atoms with Gasteiger partial charge < -0.3 is 10.6 Å². The van der Waals surface area contributed by atoms with Crippen LogP contribution >= 0.6 is 0 Å². The number of nitrogens with one attached hydrogen (secondary N) is 2. The van der Waals surface area contributed by atoms with Gasteiger partial charge in [0.1, 0.15) is 0 Å². The molecule has 4 rings (SSSR count). The summed E-state index contributed by atoms with van der Waals surface area (Å²) in [5.41, 5.74) is -0.629. The maximum atomic E-state index is 12.7. The third-order valence-corrected chi connectivity index (χ3v) is 5.48. The van der Waals surface area contributed by atoms with Crippen LogP contribution in [0.2, 0.25) is 0 Å². The molecule has 0 radical (unpaired) electrons. The number of rotatable bonds is 4. The average Bonchev–Trinajstić information content (AvgIpc) is 2.60. The molecule has 0 spiro atoms. The number of carbonyl (C=O) groups excluding carboxylic acids is 1. The van der Waals surface area contributed by atoms with Crippen LogP contribution in [0.1, 0.15) is 31.7 Å². The second-order valence-electron chi connectivity index (χ2n) is 7.02. The van der Waals surface area contributed by atoms with Gasteiger partial charge in [-0.25, -0.2) is 4.79 Å². The van der Waals surface area contributed by atoms with E-state index in [0.717, 1.165) is 43.5 Å². The molecule has 2 bridgehead atoms. The molecule has 7 heteroatoms. The van der Waals surface area contributed by atoms with Crippen LogP contribution in [0.5, 0.6) is 0 Å². The first-order valence-electron chi connectivity index (χ1n) is 8.83. The molecule has 0 saturated carbocycles. The molecular formula is C18H24F3N3O. The maximum Gasteiger partial charge on any atom is 0.416 e. The van der Waals surface area contributed by atoms with Crippen LogP contribution in [0, 0.1) is 11.8 Å². The molecule has 1 unspecified atom stereocenters. The van der Waals surface area contributed by atoms with E-state index in [2.05, 4.69) is 22.5 Å². The van der Waals surface area contributed by atoms with Gasteiger partial charge in [0.2, 0.25) is 0 Å². The van der Waals surface area contributed by atoms with Gasteiger partial charge in [0.25, 0.3) is 0 Å². The zero-order valence-electron chi connectivity index (χ0n) is 14.3. The maximum absolute atomic E-state index is 12.7. The Morgan fingerprint density at radius 1 is 1.36 bits per heavy atom. The van der Waals surface area contributed by atoms with Crippen LogP contribution in [0.15, 0.2) is 24.3 Å². The zero-order valence-corrected chi connectivity index (χ0v) is 14.3. The van der Waals surface area contributed by atoms with Gasteiger partial charge in [0.15, 0.2) is 0 Å². The second kappa shape index (κ2) is 7.23. The Hall–Kier alpha value is -1.76. The number of fused-ring (bicyclic) bond motifs is 3. The molecule has 4 nitrogen and oxygen atoms in total. The lowest BCUT2D eigenvalue weighted by Gasteiger charge is -2.49. The van der Waals surface area contributed by atoms with Crippen molar-refractivity contribution in [2.24, 2.45) is 11.8 Å². The molecule has 3 heterocycles. The average molecular weight is 355 g/mol. The third-order valence-electron chi connectivity index (χ3n) is 5.48. The molecular weight excluding hydrogens is 331 g/mol. The highest BCUT2D eigenvalue weighted by atomic mass is 19.4. The smallest absolute Gasteiger partial charge is 0.336 e. The standard InChI is InChI=1S/C18H24F3N3O/c1-2-12-11-24-7-6-13(12)8-16(24)10-22-17(25)23-15-5-3-4-14(9-15)18(19,20)21/h3-5,9,12-13,16H,2,6-8,10-11H2,1H3,(H2,22,23,25)/t12-,13+,16-/m1/s1. The van der Waals surface area contributed by atoms with E-state index >= 15 is 0 Å². The van der Waals surface area contributed by atoms with E-state index in [0.29, 0.717) is 12.6 Å². The Kier molecular flexibility index (Phi) is 5.22. The number of urea groups is 1. The van der Waals surface area contributed by atoms with Crippen LogP contribution in [-0.2, 0) is 6.18 Å². The van der Waals surface area contributed by atoms with Gasteiger partial charge in [-0.3, -0.25) is 4.90 Å². The van der Waals surface area contributed by atoms with Gasteiger partial charge in [-0.15, -0.1) is 0 Å². The highest BCUT2D eigenvalue weighted by Gasteiger charge is 2.39. The third kappa shape index (κ3) is 4.26. The van der Waals surface area contributed by atoms with Crippen LogP contribution in [0.3, 0.4) is 0 Å². The van der Waals surface area contributed by atoms with E-state index in [4.69, 9.17) is 0 Å². The first kappa shape index (κ1) is 18.0. The van der Waals surface area contributed by atoms with Gasteiger partial charge in [-0.05, 0) is 49.4 Å². The first-order valence-corrected chi connectivity index (χ1v) is 8.83. The summed E-state index contributed by atoms with van der Waals surface area (Å²) in [5, 5.41) is 5.29. The molecule has 2 N–H and O–H groups in total. The molecule has 4 atom stereocenters. The molecule has 2 amide bonds. The van der Waals surface area contributed by atoms with Gasteiger partial charge in [-0.2, -0.15) is 13.2 Å². The van der Waals surface area contributed by atoms with E-state index in [-0.39, 0.29) is 5.69 Å². The van der Waals surface area contributed by atoms with Crippen LogP contribution in [0.25, 0.3) is 0 Å². The fourth-order valence-electron chi connectivity index (χ4n) is 4.08.